The third-order valence-corrected chi connectivity index (χ3v) is 4.07. The molecule has 8 nitrogen and oxygen atoms in total. The van der Waals surface area contributed by atoms with Crippen LogP contribution >= 0.6 is 0 Å². The zero-order valence-electron chi connectivity index (χ0n) is 17.5. The molecular weight excluding hydrogens is 402 g/mol. The van der Waals surface area contributed by atoms with Crippen LogP contribution in [0.3, 0.4) is 0 Å². The van der Waals surface area contributed by atoms with E-state index in [1.165, 1.54) is 45.6 Å². The lowest BCUT2D eigenvalue weighted by atomic mass is 10.1. The molecule has 2 rings (SSSR count). The maximum atomic E-state index is 12.3. The lowest BCUT2D eigenvalue weighted by molar-refractivity contribution is -0.135. The van der Waals surface area contributed by atoms with Crippen LogP contribution < -0.4 is 18.9 Å². The topological polar surface area (TPSA) is 104 Å². The van der Waals surface area contributed by atoms with Crippen molar-refractivity contribution in [3.63, 3.8) is 0 Å². The zero-order valence-corrected chi connectivity index (χ0v) is 17.5. The largest absolute Gasteiger partial charge is 0.497 e. The zero-order chi connectivity index (χ0) is 22.8. The highest BCUT2D eigenvalue weighted by Crippen LogP contribution is 2.30. The van der Waals surface area contributed by atoms with Crippen molar-refractivity contribution in [2.45, 2.75) is 0 Å². The first-order valence-corrected chi connectivity index (χ1v) is 8.95. The minimum absolute atomic E-state index is 0.174. The van der Waals surface area contributed by atoms with Crippen molar-refractivity contribution in [2.24, 2.45) is 0 Å². The molecule has 0 aliphatic rings. The molecule has 0 spiro atoms. The maximum absolute atomic E-state index is 12.3. The van der Waals surface area contributed by atoms with E-state index in [1.807, 2.05) is 0 Å². The Labute approximate surface area is 179 Å². The Morgan fingerprint density at radius 2 is 1.65 bits per heavy atom. The highest BCUT2D eigenvalue weighted by atomic mass is 16.6. The van der Waals surface area contributed by atoms with Gasteiger partial charge in [-0.15, -0.1) is 0 Å². The van der Waals surface area contributed by atoms with Gasteiger partial charge in [-0.1, -0.05) is 6.07 Å². The molecule has 0 radical (unpaired) electrons. The quantitative estimate of drug-likeness (QED) is 0.275. The second kappa shape index (κ2) is 11.1. The molecule has 0 amide bonds. The SMILES string of the molecule is COC(=O)/C(C#N)=C/c1ccc(OC(=O)/C=C/c2ccc(OC)cc2OC)c(OC)c1. The number of hydrogen-bond donors (Lipinski definition) is 0. The second-order valence-electron chi connectivity index (χ2n) is 5.93. The number of esters is 2. The van der Waals surface area contributed by atoms with Crippen LogP contribution in [0.15, 0.2) is 48.0 Å². The summed E-state index contributed by atoms with van der Waals surface area (Å²) in [5, 5.41) is 9.07. The molecule has 2 aromatic rings. The van der Waals surface area contributed by atoms with Crippen molar-refractivity contribution < 1.29 is 33.3 Å². The minimum atomic E-state index is -0.754. The van der Waals surface area contributed by atoms with E-state index in [4.69, 9.17) is 24.2 Å². The van der Waals surface area contributed by atoms with Crippen molar-refractivity contribution in [1.29, 1.82) is 5.26 Å². The van der Waals surface area contributed by atoms with Gasteiger partial charge < -0.3 is 23.7 Å². The molecule has 0 heterocycles. The van der Waals surface area contributed by atoms with Crippen molar-refractivity contribution in [3.8, 4) is 29.1 Å². The van der Waals surface area contributed by atoms with Gasteiger partial charge in [0.1, 0.15) is 23.1 Å². The first-order valence-electron chi connectivity index (χ1n) is 8.95. The molecule has 160 valence electrons. The lowest BCUT2D eigenvalue weighted by Crippen LogP contribution is -2.05. The number of methoxy groups -OCH3 is 4. The molecule has 0 saturated carbocycles. The first-order chi connectivity index (χ1) is 14.9. The fourth-order valence-electron chi connectivity index (χ4n) is 2.53. The fraction of sp³-hybridized carbons (Fsp3) is 0.174. The Morgan fingerprint density at radius 3 is 2.26 bits per heavy atom. The normalized spacial score (nSPS) is 10.9. The van der Waals surface area contributed by atoms with Crippen LogP contribution in [0.5, 0.6) is 23.0 Å². The van der Waals surface area contributed by atoms with Gasteiger partial charge in [0.25, 0.3) is 0 Å². The van der Waals surface area contributed by atoms with Gasteiger partial charge in [-0.2, -0.15) is 5.26 Å². The summed E-state index contributed by atoms with van der Waals surface area (Å²) in [6, 6.07) is 11.6. The standard InChI is InChI=1S/C23H21NO7/c1-27-18-8-6-16(20(13-18)28-2)7-10-22(25)31-19-9-5-15(12-21(19)29-3)11-17(14-24)23(26)30-4/h5-13H,1-4H3/b10-7+,17-11+. The monoisotopic (exact) mass is 423 g/mol. The number of benzene rings is 2. The summed E-state index contributed by atoms with van der Waals surface area (Å²) in [7, 11) is 5.66. The van der Waals surface area contributed by atoms with Crippen LogP contribution in [-0.4, -0.2) is 40.4 Å². The van der Waals surface area contributed by atoms with Gasteiger partial charge in [-0.25, -0.2) is 9.59 Å². The van der Waals surface area contributed by atoms with Crippen molar-refractivity contribution in [1.82, 2.24) is 0 Å². The van der Waals surface area contributed by atoms with Crippen LogP contribution in [0.4, 0.5) is 0 Å². The predicted octanol–water partition coefficient (Wildman–Crippen LogP) is 3.41. The van der Waals surface area contributed by atoms with E-state index in [-0.39, 0.29) is 17.1 Å². The van der Waals surface area contributed by atoms with Gasteiger partial charge in [0.05, 0.1) is 28.4 Å². The first kappa shape index (κ1) is 23.0. The van der Waals surface area contributed by atoms with Crippen LogP contribution in [0.1, 0.15) is 11.1 Å². The van der Waals surface area contributed by atoms with Gasteiger partial charge >= 0.3 is 11.9 Å². The minimum Gasteiger partial charge on any atom is -0.497 e. The Hall–Kier alpha value is -4.25. The molecule has 0 aliphatic carbocycles. The van der Waals surface area contributed by atoms with Gasteiger partial charge in [0.15, 0.2) is 11.5 Å². The highest BCUT2D eigenvalue weighted by molar-refractivity contribution is 5.98. The average molecular weight is 423 g/mol. The summed E-state index contributed by atoms with van der Waals surface area (Å²) in [5.41, 5.74) is 0.988. The fourth-order valence-corrected chi connectivity index (χ4v) is 2.53. The van der Waals surface area contributed by atoms with E-state index in [9.17, 15) is 9.59 Å². The third-order valence-electron chi connectivity index (χ3n) is 4.07. The number of carbonyl (C=O) groups is 2. The van der Waals surface area contributed by atoms with E-state index in [0.717, 1.165) is 0 Å². The summed E-state index contributed by atoms with van der Waals surface area (Å²) in [6.45, 7) is 0. The summed E-state index contributed by atoms with van der Waals surface area (Å²) in [4.78, 5) is 23.8. The number of ether oxygens (including phenoxy) is 5. The van der Waals surface area contributed by atoms with Crippen LogP contribution in [0.2, 0.25) is 0 Å². The number of carbonyl (C=O) groups excluding carboxylic acids is 2. The van der Waals surface area contributed by atoms with E-state index >= 15 is 0 Å². The van der Waals surface area contributed by atoms with Crippen LogP contribution in [0.25, 0.3) is 12.2 Å². The van der Waals surface area contributed by atoms with E-state index < -0.39 is 11.9 Å². The Bertz CT molecular complexity index is 1060. The molecule has 8 heteroatoms. The number of rotatable bonds is 8. The Balaban J connectivity index is 2.20. The highest BCUT2D eigenvalue weighted by Gasteiger charge is 2.12. The van der Waals surface area contributed by atoms with Crippen molar-refractivity contribution in [3.05, 3.63) is 59.2 Å². The smallest absolute Gasteiger partial charge is 0.348 e. The molecule has 0 aliphatic heterocycles. The number of nitriles is 1. The van der Waals surface area contributed by atoms with Crippen LogP contribution in [0, 0.1) is 11.3 Å². The molecule has 0 bridgehead atoms. The average Bonchev–Trinajstić information content (AvgIpc) is 2.81. The van der Waals surface area contributed by atoms with E-state index in [0.29, 0.717) is 22.6 Å². The molecule has 31 heavy (non-hydrogen) atoms. The lowest BCUT2D eigenvalue weighted by Gasteiger charge is -2.09. The van der Waals surface area contributed by atoms with E-state index in [1.54, 1.807) is 43.5 Å². The van der Waals surface area contributed by atoms with Gasteiger partial charge in [-0.05, 0) is 42.0 Å². The molecular formula is C23H21NO7. The molecule has 0 unspecified atom stereocenters. The predicted molar refractivity (Wildman–Crippen MR) is 113 cm³/mol. The molecule has 2 aromatic carbocycles. The summed E-state index contributed by atoms with van der Waals surface area (Å²) in [6.07, 6.45) is 4.15. The molecule has 0 aromatic heterocycles. The summed E-state index contributed by atoms with van der Waals surface area (Å²) < 4.78 is 25.6. The Kier molecular flexibility index (Phi) is 8.22. The third kappa shape index (κ3) is 6.11. The van der Waals surface area contributed by atoms with Crippen molar-refractivity contribution >= 4 is 24.1 Å². The molecule has 0 fully saturated rings. The molecule has 0 N–H and O–H groups in total. The van der Waals surface area contributed by atoms with Crippen molar-refractivity contribution in [2.75, 3.05) is 28.4 Å². The van der Waals surface area contributed by atoms with Gasteiger partial charge in [0, 0.05) is 17.7 Å². The molecule has 0 saturated heterocycles. The van der Waals surface area contributed by atoms with Gasteiger partial charge in [0.2, 0.25) is 0 Å². The molecule has 0 atom stereocenters. The maximum Gasteiger partial charge on any atom is 0.348 e. The number of hydrogen-bond acceptors (Lipinski definition) is 8. The van der Waals surface area contributed by atoms with Crippen LogP contribution in [-0.2, 0) is 14.3 Å². The second-order valence-corrected chi connectivity index (χ2v) is 5.93. The van der Waals surface area contributed by atoms with E-state index in [2.05, 4.69) is 4.74 Å². The Morgan fingerprint density at radius 1 is 0.903 bits per heavy atom. The number of nitrogens with zero attached hydrogens (tertiary/aromatic N) is 1. The van der Waals surface area contributed by atoms with Gasteiger partial charge in [-0.3, -0.25) is 0 Å². The summed E-state index contributed by atoms with van der Waals surface area (Å²) in [5.74, 6) is 0.202. The summed E-state index contributed by atoms with van der Waals surface area (Å²) >= 11 is 0.